The van der Waals surface area contributed by atoms with E-state index in [0.29, 0.717) is 6.61 Å². The van der Waals surface area contributed by atoms with Gasteiger partial charge in [-0.15, -0.1) is 12.4 Å². The quantitative estimate of drug-likeness (QED) is 0.755. The van der Waals surface area contributed by atoms with Crippen LogP contribution in [0.3, 0.4) is 0 Å². The number of hydrogen-bond donors (Lipinski definition) is 0. The zero-order chi connectivity index (χ0) is 13.7. The van der Waals surface area contributed by atoms with Crippen molar-refractivity contribution in [2.45, 2.75) is 19.8 Å². The summed E-state index contributed by atoms with van der Waals surface area (Å²) in [6.45, 7) is 7.47. The van der Waals surface area contributed by atoms with Crippen LogP contribution in [0.5, 0.6) is 0 Å². The van der Waals surface area contributed by atoms with Gasteiger partial charge in [0.05, 0.1) is 0 Å². The Balaban J connectivity index is 0.00000200. The summed E-state index contributed by atoms with van der Waals surface area (Å²) in [5, 5.41) is 0. The minimum atomic E-state index is -0.229. The minimum Gasteiger partial charge on any atom is -0.464 e. The van der Waals surface area contributed by atoms with Crippen LogP contribution in [0.2, 0.25) is 0 Å². The first kappa shape index (κ1) is 16.7. The van der Waals surface area contributed by atoms with Crippen molar-refractivity contribution in [3.8, 4) is 0 Å². The van der Waals surface area contributed by atoms with Gasteiger partial charge in [0.25, 0.3) is 0 Å². The first-order chi connectivity index (χ1) is 9.26. The Morgan fingerprint density at radius 2 is 1.95 bits per heavy atom. The molecule has 0 fully saturated rings. The van der Waals surface area contributed by atoms with Crippen molar-refractivity contribution in [2.75, 3.05) is 26.2 Å². The van der Waals surface area contributed by atoms with E-state index in [-0.39, 0.29) is 24.3 Å². The molecule has 0 aliphatic heterocycles. The summed E-state index contributed by atoms with van der Waals surface area (Å²) in [6.07, 6.45) is 3.91. The summed E-state index contributed by atoms with van der Waals surface area (Å²) in [7, 11) is 0. The van der Waals surface area contributed by atoms with Gasteiger partial charge in [0, 0.05) is 6.54 Å². The lowest BCUT2D eigenvalue weighted by molar-refractivity contribution is -0.144. The van der Waals surface area contributed by atoms with Crippen LogP contribution in [0.25, 0.3) is 6.08 Å². The molecular formula is C16H22ClNO2. The molecule has 0 amide bonds. The van der Waals surface area contributed by atoms with Gasteiger partial charge in [-0.05, 0) is 24.2 Å². The molecular weight excluding hydrogens is 274 g/mol. The summed E-state index contributed by atoms with van der Waals surface area (Å²) in [5.74, 6) is -0.374. The van der Waals surface area contributed by atoms with E-state index in [1.807, 2.05) is 36.4 Å². The molecule has 3 nitrogen and oxygen atoms in total. The molecule has 20 heavy (non-hydrogen) atoms. The largest absolute Gasteiger partial charge is 0.464 e. The van der Waals surface area contributed by atoms with Crippen LogP contribution in [0.1, 0.15) is 30.9 Å². The molecule has 0 bridgehead atoms. The summed E-state index contributed by atoms with van der Waals surface area (Å²) < 4.78 is 5.39. The van der Waals surface area contributed by atoms with Crippen LogP contribution in [0.4, 0.5) is 0 Å². The van der Waals surface area contributed by atoms with E-state index >= 15 is 0 Å². The lowest BCUT2D eigenvalue weighted by atomic mass is 10.0. The van der Waals surface area contributed by atoms with Crippen LogP contribution in [0, 0.1) is 0 Å². The van der Waals surface area contributed by atoms with Crippen molar-refractivity contribution in [1.82, 2.24) is 4.90 Å². The lowest BCUT2D eigenvalue weighted by Gasteiger charge is -2.18. The molecule has 0 saturated carbocycles. The number of nitrogens with zero attached hydrogens (tertiary/aromatic N) is 1. The topological polar surface area (TPSA) is 29.5 Å². The zero-order valence-corrected chi connectivity index (χ0v) is 12.9. The van der Waals surface area contributed by atoms with Crippen LogP contribution in [-0.2, 0) is 9.53 Å². The predicted octanol–water partition coefficient (Wildman–Crippen LogP) is 3.10. The van der Waals surface area contributed by atoms with Gasteiger partial charge in [-0.2, -0.15) is 0 Å². The maximum atomic E-state index is 12.1. The van der Waals surface area contributed by atoms with Gasteiger partial charge in [0.15, 0.2) is 0 Å². The summed E-state index contributed by atoms with van der Waals surface area (Å²) in [5.41, 5.74) is 2.17. The number of benzene rings is 1. The number of carbonyl (C=O) groups excluding carboxylic acids is 1. The number of halogens is 1. The third-order valence-electron chi connectivity index (χ3n) is 3.60. The molecule has 1 unspecified atom stereocenters. The third-order valence-corrected chi connectivity index (χ3v) is 3.60. The fourth-order valence-corrected chi connectivity index (χ4v) is 2.36. The summed E-state index contributed by atoms with van der Waals surface area (Å²) >= 11 is 0. The van der Waals surface area contributed by atoms with E-state index in [4.69, 9.17) is 4.74 Å². The van der Waals surface area contributed by atoms with Gasteiger partial charge in [-0.25, -0.2) is 0 Å². The fraction of sp³-hybridized carbons (Fsp3) is 0.438. The van der Waals surface area contributed by atoms with E-state index in [0.717, 1.165) is 30.8 Å². The zero-order valence-electron chi connectivity index (χ0n) is 12.0. The van der Waals surface area contributed by atoms with Crippen LogP contribution >= 0.6 is 12.4 Å². The molecule has 1 aliphatic rings. The summed E-state index contributed by atoms with van der Waals surface area (Å²) in [4.78, 5) is 14.3. The Kier molecular flexibility index (Phi) is 6.76. The van der Waals surface area contributed by atoms with Gasteiger partial charge < -0.3 is 9.64 Å². The van der Waals surface area contributed by atoms with E-state index < -0.39 is 0 Å². The van der Waals surface area contributed by atoms with Crippen molar-refractivity contribution in [2.24, 2.45) is 0 Å². The van der Waals surface area contributed by atoms with Crippen molar-refractivity contribution in [3.63, 3.8) is 0 Å². The number of carbonyl (C=O) groups is 1. The molecule has 0 spiro atoms. The number of hydrogen-bond acceptors (Lipinski definition) is 3. The SMILES string of the molecule is CCN(CC)CCOC(=O)C1C=Cc2ccccc21.Cl. The van der Waals surface area contributed by atoms with Gasteiger partial charge >= 0.3 is 5.97 Å². The number of esters is 1. The first-order valence-electron chi connectivity index (χ1n) is 6.92. The third kappa shape index (κ3) is 3.84. The molecule has 110 valence electrons. The van der Waals surface area contributed by atoms with Gasteiger partial charge in [0.2, 0.25) is 0 Å². The molecule has 2 rings (SSSR count). The molecule has 0 N–H and O–H groups in total. The Bertz CT molecular complexity index is 469. The standard InChI is InChI=1S/C16H21NO2.ClH/c1-3-17(4-2)11-12-19-16(18)15-10-9-13-7-5-6-8-14(13)15;/h5-10,15H,3-4,11-12H2,1-2H3;1H. The monoisotopic (exact) mass is 295 g/mol. The smallest absolute Gasteiger partial charge is 0.317 e. The maximum Gasteiger partial charge on any atom is 0.317 e. The average molecular weight is 296 g/mol. The maximum absolute atomic E-state index is 12.1. The highest BCUT2D eigenvalue weighted by Crippen LogP contribution is 2.30. The number of fused-ring (bicyclic) bond motifs is 1. The Labute approximate surface area is 127 Å². The van der Waals surface area contributed by atoms with Crippen LogP contribution in [0.15, 0.2) is 30.3 Å². The number of likely N-dealkylation sites (N-methyl/N-ethyl adjacent to an activating group) is 1. The highest BCUT2D eigenvalue weighted by molar-refractivity contribution is 5.86. The van der Waals surface area contributed by atoms with E-state index in [2.05, 4.69) is 18.7 Å². The second kappa shape index (κ2) is 8.08. The Morgan fingerprint density at radius 1 is 1.25 bits per heavy atom. The van der Waals surface area contributed by atoms with Crippen molar-refractivity contribution in [3.05, 3.63) is 41.5 Å². The molecule has 0 heterocycles. The molecule has 1 aromatic rings. The van der Waals surface area contributed by atoms with Crippen molar-refractivity contribution in [1.29, 1.82) is 0 Å². The number of ether oxygens (including phenoxy) is 1. The fourth-order valence-electron chi connectivity index (χ4n) is 2.36. The van der Waals surface area contributed by atoms with Crippen LogP contribution in [-0.4, -0.2) is 37.1 Å². The van der Waals surface area contributed by atoms with E-state index in [1.54, 1.807) is 0 Å². The van der Waals surface area contributed by atoms with Gasteiger partial charge in [-0.1, -0.05) is 50.3 Å². The molecule has 0 aromatic heterocycles. The molecule has 1 aliphatic carbocycles. The minimum absolute atomic E-state index is 0. The average Bonchev–Trinajstić information content (AvgIpc) is 2.87. The number of rotatable bonds is 6. The van der Waals surface area contributed by atoms with Gasteiger partial charge in [-0.3, -0.25) is 4.79 Å². The predicted molar refractivity (Wildman–Crippen MR) is 84.2 cm³/mol. The van der Waals surface area contributed by atoms with Crippen LogP contribution < -0.4 is 0 Å². The molecule has 4 heteroatoms. The Morgan fingerprint density at radius 3 is 2.65 bits per heavy atom. The molecule has 1 aromatic carbocycles. The second-order valence-electron chi connectivity index (χ2n) is 4.66. The van der Waals surface area contributed by atoms with Crippen molar-refractivity contribution < 1.29 is 9.53 Å². The normalized spacial score (nSPS) is 15.8. The molecule has 1 atom stereocenters. The first-order valence-corrected chi connectivity index (χ1v) is 6.92. The van der Waals surface area contributed by atoms with Gasteiger partial charge in [0.1, 0.15) is 12.5 Å². The molecule has 0 radical (unpaired) electrons. The second-order valence-corrected chi connectivity index (χ2v) is 4.66. The van der Waals surface area contributed by atoms with E-state index in [9.17, 15) is 4.79 Å². The Hall–Kier alpha value is -1.32. The lowest BCUT2D eigenvalue weighted by Crippen LogP contribution is -2.28. The van der Waals surface area contributed by atoms with Crippen molar-refractivity contribution >= 4 is 24.5 Å². The highest BCUT2D eigenvalue weighted by atomic mass is 35.5. The highest BCUT2D eigenvalue weighted by Gasteiger charge is 2.25. The molecule has 0 saturated heterocycles. The van der Waals surface area contributed by atoms with E-state index in [1.165, 1.54) is 0 Å². The summed E-state index contributed by atoms with van der Waals surface area (Å²) in [6, 6.07) is 7.96.